The van der Waals surface area contributed by atoms with Gasteiger partial charge in [-0.25, -0.2) is 0 Å². The SMILES string of the molecule is CC/C=C\C/C=C\C/C=C\C/C=C\C/C=C\CCCCCC(=O)OC(COC(=O)CCCCCCCCCCC)COC(=O)CCCCCCCCCCCCCCCCCCCCCCC. The zero-order chi connectivity index (χ0) is 48.6. The van der Waals surface area contributed by atoms with Crippen molar-refractivity contribution in [2.45, 2.75) is 297 Å². The van der Waals surface area contributed by atoms with E-state index in [-0.39, 0.29) is 31.1 Å². The predicted octanol–water partition coefficient (Wildman–Crippen LogP) is 19.2. The van der Waals surface area contributed by atoms with Crippen LogP contribution >= 0.6 is 0 Å². The molecule has 0 saturated heterocycles. The van der Waals surface area contributed by atoms with Gasteiger partial charge >= 0.3 is 17.9 Å². The molecule has 0 aliphatic rings. The highest BCUT2D eigenvalue weighted by atomic mass is 16.6. The third kappa shape index (κ3) is 53.9. The summed E-state index contributed by atoms with van der Waals surface area (Å²) in [6.07, 6.45) is 69.4. The van der Waals surface area contributed by atoms with Crippen molar-refractivity contribution >= 4 is 17.9 Å². The van der Waals surface area contributed by atoms with Crippen LogP contribution in [0.4, 0.5) is 0 Å². The van der Waals surface area contributed by atoms with Gasteiger partial charge in [-0.3, -0.25) is 14.4 Å². The molecular formula is C61H108O6. The molecule has 0 N–H and O–H groups in total. The molecule has 0 saturated carbocycles. The third-order valence-corrected chi connectivity index (χ3v) is 12.5. The highest BCUT2D eigenvalue weighted by Crippen LogP contribution is 2.17. The van der Waals surface area contributed by atoms with Crippen molar-refractivity contribution in [3.05, 3.63) is 60.8 Å². The van der Waals surface area contributed by atoms with Gasteiger partial charge in [-0.1, -0.05) is 268 Å². The van der Waals surface area contributed by atoms with Crippen molar-refractivity contribution in [2.75, 3.05) is 13.2 Å². The number of carbonyl (C=O) groups excluding carboxylic acids is 3. The van der Waals surface area contributed by atoms with E-state index in [1.165, 1.54) is 154 Å². The summed E-state index contributed by atoms with van der Waals surface area (Å²) in [5.74, 6) is -0.907. The van der Waals surface area contributed by atoms with Gasteiger partial charge in [0, 0.05) is 19.3 Å². The second-order valence-corrected chi connectivity index (χ2v) is 19.2. The zero-order valence-electron chi connectivity index (χ0n) is 44.4. The summed E-state index contributed by atoms with van der Waals surface area (Å²) in [5.41, 5.74) is 0. The summed E-state index contributed by atoms with van der Waals surface area (Å²) in [5, 5.41) is 0. The van der Waals surface area contributed by atoms with Crippen LogP contribution in [0.2, 0.25) is 0 Å². The number of unbranched alkanes of at least 4 members (excludes halogenated alkanes) is 31. The van der Waals surface area contributed by atoms with Gasteiger partial charge < -0.3 is 14.2 Å². The van der Waals surface area contributed by atoms with Gasteiger partial charge in [0.05, 0.1) is 0 Å². The van der Waals surface area contributed by atoms with Crippen molar-refractivity contribution in [1.29, 1.82) is 0 Å². The van der Waals surface area contributed by atoms with Crippen LogP contribution in [0.1, 0.15) is 290 Å². The number of rotatable bonds is 52. The highest BCUT2D eigenvalue weighted by Gasteiger charge is 2.19. The van der Waals surface area contributed by atoms with Crippen molar-refractivity contribution in [3.63, 3.8) is 0 Å². The van der Waals surface area contributed by atoms with Crippen LogP contribution in [0, 0.1) is 0 Å². The molecule has 0 radical (unpaired) electrons. The van der Waals surface area contributed by atoms with Gasteiger partial charge in [0.25, 0.3) is 0 Å². The van der Waals surface area contributed by atoms with E-state index in [0.717, 1.165) is 96.3 Å². The second kappa shape index (κ2) is 55.7. The summed E-state index contributed by atoms with van der Waals surface area (Å²) in [6.45, 7) is 6.51. The molecule has 67 heavy (non-hydrogen) atoms. The number of allylic oxidation sites excluding steroid dienone is 10. The summed E-state index contributed by atoms with van der Waals surface area (Å²) in [7, 11) is 0. The minimum Gasteiger partial charge on any atom is -0.462 e. The molecule has 1 atom stereocenters. The van der Waals surface area contributed by atoms with Crippen molar-refractivity contribution in [3.8, 4) is 0 Å². The number of hydrogen-bond acceptors (Lipinski definition) is 6. The molecule has 0 aromatic heterocycles. The van der Waals surface area contributed by atoms with Crippen molar-refractivity contribution in [1.82, 2.24) is 0 Å². The summed E-state index contributed by atoms with van der Waals surface area (Å²) in [6, 6.07) is 0. The summed E-state index contributed by atoms with van der Waals surface area (Å²) < 4.78 is 16.8. The second-order valence-electron chi connectivity index (χ2n) is 19.2. The van der Waals surface area contributed by atoms with Gasteiger partial charge in [0.1, 0.15) is 13.2 Å². The minimum absolute atomic E-state index is 0.0841. The number of hydrogen-bond donors (Lipinski definition) is 0. The number of ether oxygens (including phenoxy) is 3. The van der Waals surface area contributed by atoms with E-state index in [4.69, 9.17) is 14.2 Å². The van der Waals surface area contributed by atoms with Crippen LogP contribution < -0.4 is 0 Å². The lowest BCUT2D eigenvalue weighted by atomic mass is 10.0. The fourth-order valence-corrected chi connectivity index (χ4v) is 8.24. The maximum absolute atomic E-state index is 12.8. The Morgan fingerprint density at radius 3 is 0.910 bits per heavy atom. The highest BCUT2D eigenvalue weighted by molar-refractivity contribution is 5.71. The van der Waals surface area contributed by atoms with Crippen LogP contribution in [0.25, 0.3) is 0 Å². The molecule has 0 heterocycles. The Bertz CT molecular complexity index is 1210. The molecule has 1 unspecified atom stereocenters. The first-order chi connectivity index (χ1) is 33.0. The zero-order valence-corrected chi connectivity index (χ0v) is 44.4. The van der Waals surface area contributed by atoms with Crippen LogP contribution in [0.3, 0.4) is 0 Å². The van der Waals surface area contributed by atoms with E-state index in [2.05, 4.69) is 81.5 Å². The monoisotopic (exact) mass is 937 g/mol. The van der Waals surface area contributed by atoms with Gasteiger partial charge in [0.15, 0.2) is 6.10 Å². The Kier molecular flexibility index (Phi) is 53.3. The molecule has 0 rings (SSSR count). The Hall–Kier alpha value is -2.89. The molecule has 0 bridgehead atoms. The first-order valence-corrected chi connectivity index (χ1v) is 28.8. The van der Waals surface area contributed by atoms with Gasteiger partial charge in [0.2, 0.25) is 0 Å². The summed E-state index contributed by atoms with van der Waals surface area (Å²) >= 11 is 0. The molecule has 0 fully saturated rings. The van der Waals surface area contributed by atoms with Crippen LogP contribution in [-0.2, 0) is 28.6 Å². The first-order valence-electron chi connectivity index (χ1n) is 28.8. The molecule has 0 aromatic carbocycles. The number of carbonyl (C=O) groups is 3. The van der Waals surface area contributed by atoms with E-state index >= 15 is 0 Å². The van der Waals surface area contributed by atoms with E-state index in [9.17, 15) is 14.4 Å². The van der Waals surface area contributed by atoms with E-state index in [0.29, 0.717) is 19.3 Å². The molecule has 0 aliphatic heterocycles. The smallest absolute Gasteiger partial charge is 0.306 e. The molecule has 6 heteroatoms. The van der Waals surface area contributed by atoms with Gasteiger partial charge in [-0.2, -0.15) is 0 Å². The Morgan fingerprint density at radius 2 is 0.582 bits per heavy atom. The maximum atomic E-state index is 12.8. The molecule has 6 nitrogen and oxygen atoms in total. The molecular weight excluding hydrogens is 829 g/mol. The fraction of sp³-hybridized carbons (Fsp3) is 0.787. The molecule has 0 aliphatic carbocycles. The quantitative estimate of drug-likeness (QED) is 0.0262. The average molecular weight is 938 g/mol. The molecule has 0 aromatic rings. The average Bonchev–Trinajstić information content (AvgIpc) is 3.33. The van der Waals surface area contributed by atoms with Crippen LogP contribution in [-0.4, -0.2) is 37.2 Å². The Morgan fingerprint density at radius 1 is 0.313 bits per heavy atom. The standard InChI is InChI=1S/C61H108O6/c1-4-7-10-13-16-19-21-23-25-27-29-30-32-33-35-37-39-42-45-48-51-54-60(63)66-57-58(56-65-59(62)53-50-47-44-41-18-15-12-9-6-3)67-61(64)55-52-49-46-43-40-38-36-34-31-28-26-24-22-20-17-14-11-8-5-2/h8,11,17,20,24,26,31,34,38,40,58H,4-7,9-10,12-16,18-19,21-23,25,27-30,32-33,35-37,39,41-57H2,1-3H3/b11-8-,20-17-,26-24-,34-31-,40-38-. The Balaban J connectivity index is 4.29. The Labute approximate surface area is 415 Å². The first kappa shape index (κ1) is 64.1. The molecule has 0 spiro atoms. The lowest BCUT2D eigenvalue weighted by Gasteiger charge is -2.18. The minimum atomic E-state index is -0.787. The molecule has 388 valence electrons. The van der Waals surface area contributed by atoms with Crippen LogP contribution in [0.15, 0.2) is 60.8 Å². The lowest BCUT2D eigenvalue weighted by molar-refractivity contribution is -0.167. The predicted molar refractivity (Wildman–Crippen MR) is 288 cm³/mol. The topological polar surface area (TPSA) is 78.9 Å². The van der Waals surface area contributed by atoms with Crippen molar-refractivity contribution in [2.24, 2.45) is 0 Å². The van der Waals surface area contributed by atoms with Crippen molar-refractivity contribution < 1.29 is 28.6 Å². The van der Waals surface area contributed by atoms with E-state index in [1.807, 2.05) is 0 Å². The maximum Gasteiger partial charge on any atom is 0.306 e. The molecule has 0 amide bonds. The van der Waals surface area contributed by atoms with Crippen LogP contribution in [0.5, 0.6) is 0 Å². The normalized spacial score (nSPS) is 12.5. The lowest BCUT2D eigenvalue weighted by Crippen LogP contribution is -2.30. The number of esters is 3. The van der Waals surface area contributed by atoms with E-state index in [1.54, 1.807) is 0 Å². The van der Waals surface area contributed by atoms with Gasteiger partial charge in [-0.15, -0.1) is 0 Å². The summed E-state index contributed by atoms with van der Waals surface area (Å²) in [4.78, 5) is 38.0. The fourth-order valence-electron chi connectivity index (χ4n) is 8.24. The van der Waals surface area contributed by atoms with E-state index < -0.39 is 6.10 Å². The third-order valence-electron chi connectivity index (χ3n) is 12.5. The largest absolute Gasteiger partial charge is 0.462 e. The van der Waals surface area contributed by atoms with Gasteiger partial charge in [-0.05, 0) is 64.2 Å².